The van der Waals surface area contributed by atoms with Crippen LogP contribution in [0.1, 0.15) is 22.3 Å². The highest BCUT2D eigenvalue weighted by molar-refractivity contribution is 5.87. The molecule has 54 heavy (non-hydrogen) atoms. The molecular weight excluding hydrogens is 657 g/mol. The molecule has 254 valence electrons. The van der Waals surface area contributed by atoms with Crippen molar-refractivity contribution in [1.29, 1.82) is 0 Å². The summed E-state index contributed by atoms with van der Waals surface area (Å²) in [4.78, 5) is 9.48. The Morgan fingerprint density at radius 3 is 1.26 bits per heavy atom. The highest BCUT2D eigenvalue weighted by Gasteiger charge is 2.25. The average molecular weight is 691 g/mol. The van der Waals surface area contributed by atoms with E-state index in [0.717, 1.165) is 35.6 Å². The van der Waals surface area contributed by atoms with E-state index in [1.807, 2.05) is 24.5 Å². The molecule has 0 fully saturated rings. The van der Waals surface area contributed by atoms with E-state index in [9.17, 15) is 0 Å². The molecular formula is C50H34N4. The molecule has 0 aliphatic heterocycles. The summed E-state index contributed by atoms with van der Waals surface area (Å²) in [5.41, 5.74) is 20.2. The van der Waals surface area contributed by atoms with E-state index in [-0.39, 0.29) is 0 Å². The summed E-state index contributed by atoms with van der Waals surface area (Å²) in [6.45, 7) is 0. The lowest BCUT2D eigenvalue weighted by molar-refractivity contribution is 1.04. The molecule has 2 aliphatic carbocycles. The predicted octanol–water partition coefficient (Wildman–Crippen LogP) is 11.9. The average Bonchev–Trinajstić information content (AvgIpc) is 4.06. The highest BCUT2D eigenvalue weighted by atomic mass is 15.1. The zero-order chi connectivity index (χ0) is 35.6. The SMILES string of the molecule is c1ccc(-c2nccn2-c2cccc3c2Cc2ccc(-c4cccc(-c5ccc6c(c5)-c5cccc(-n7ccnc7-c7ccccc7)c5C6)c4)cc2-3)cc1. The Balaban J connectivity index is 0.925. The van der Waals surface area contributed by atoms with Crippen molar-refractivity contribution in [2.24, 2.45) is 0 Å². The molecule has 0 saturated heterocycles. The van der Waals surface area contributed by atoms with Crippen molar-refractivity contribution >= 4 is 0 Å². The predicted molar refractivity (Wildman–Crippen MR) is 219 cm³/mol. The van der Waals surface area contributed by atoms with Crippen LogP contribution in [0.25, 0.3) is 78.7 Å². The summed E-state index contributed by atoms with van der Waals surface area (Å²) in [7, 11) is 0. The van der Waals surface area contributed by atoms with Crippen molar-refractivity contribution in [3.63, 3.8) is 0 Å². The van der Waals surface area contributed by atoms with Crippen LogP contribution in [0.15, 0.2) is 183 Å². The van der Waals surface area contributed by atoms with Crippen molar-refractivity contribution in [3.8, 4) is 78.7 Å². The summed E-state index contributed by atoms with van der Waals surface area (Å²) >= 11 is 0. The van der Waals surface area contributed by atoms with Gasteiger partial charge in [-0.3, -0.25) is 9.13 Å². The van der Waals surface area contributed by atoms with Gasteiger partial charge in [0.05, 0.1) is 11.4 Å². The van der Waals surface area contributed by atoms with Gasteiger partial charge in [0.15, 0.2) is 0 Å². The Hall–Kier alpha value is -7.04. The summed E-state index contributed by atoms with van der Waals surface area (Å²) in [6, 6.07) is 57.2. The van der Waals surface area contributed by atoms with E-state index in [4.69, 9.17) is 9.97 Å². The number of rotatable bonds is 6. The number of hydrogen-bond donors (Lipinski definition) is 0. The van der Waals surface area contributed by atoms with Gasteiger partial charge in [-0.15, -0.1) is 0 Å². The number of benzene rings is 7. The maximum absolute atomic E-state index is 4.74. The summed E-state index contributed by atoms with van der Waals surface area (Å²) in [5.74, 6) is 1.92. The Labute approximate surface area is 314 Å². The molecule has 2 aliphatic rings. The molecule has 0 bridgehead atoms. The lowest BCUT2D eigenvalue weighted by Crippen LogP contribution is -2.00. The molecule has 0 amide bonds. The molecule has 2 heterocycles. The Morgan fingerprint density at radius 1 is 0.352 bits per heavy atom. The van der Waals surface area contributed by atoms with Gasteiger partial charge in [0, 0.05) is 48.8 Å². The van der Waals surface area contributed by atoms with Gasteiger partial charge < -0.3 is 0 Å². The van der Waals surface area contributed by atoms with E-state index in [1.54, 1.807) is 0 Å². The molecule has 0 N–H and O–H groups in total. The fourth-order valence-electron chi connectivity index (χ4n) is 8.66. The zero-order valence-corrected chi connectivity index (χ0v) is 29.5. The van der Waals surface area contributed by atoms with Crippen LogP contribution in [-0.2, 0) is 12.8 Å². The van der Waals surface area contributed by atoms with Crippen LogP contribution in [-0.4, -0.2) is 19.1 Å². The smallest absolute Gasteiger partial charge is 0.144 e. The van der Waals surface area contributed by atoms with Gasteiger partial charge in [-0.05, 0) is 97.1 Å². The highest BCUT2D eigenvalue weighted by Crippen LogP contribution is 2.44. The molecule has 0 spiro atoms. The molecule has 7 aromatic carbocycles. The Morgan fingerprint density at radius 2 is 0.778 bits per heavy atom. The van der Waals surface area contributed by atoms with Crippen LogP contribution in [0.3, 0.4) is 0 Å². The normalized spacial score (nSPS) is 12.3. The first-order chi connectivity index (χ1) is 26.8. The van der Waals surface area contributed by atoms with Crippen LogP contribution in [0.4, 0.5) is 0 Å². The first kappa shape index (κ1) is 30.6. The molecule has 0 atom stereocenters. The van der Waals surface area contributed by atoms with E-state index in [2.05, 4.69) is 167 Å². The van der Waals surface area contributed by atoms with Crippen molar-refractivity contribution in [2.75, 3.05) is 0 Å². The molecule has 0 radical (unpaired) electrons. The lowest BCUT2D eigenvalue weighted by atomic mass is 9.94. The topological polar surface area (TPSA) is 35.6 Å². The minimum Gasteiger partial charge on any atom is -0.300 e. The van der Waals surface area contributed by atoms with E-state index >= 15 is 0 Å². The Kier molecular flexibility index (Phi) is 6.96. The van der Waals surface area contributed by atoms with Crippen molar-refractivity contribution in [1.82, 2.24) is 19.1 Å². The van der Waals surface area contributed by atoms with Gasteiger partial charge in [-0.1, -0.05) is 127 Å². The van der Waals surface area contributed by atoms with Gasteiger partial charge in [0.25, 0.3) is 0 Å². The third kappa shape index (κ3) is 4.91. The van der Waals surface area contributed by atoms with E-state index in [0.29, 0.717) is 0 Å². The van der Waals surface area contributed by atoms with Crippen LogP contribution in [0.2, 0.25) is 0 Å². The second-order valence-corrected chi connectivity index (χ2v) is 14.3. The standard InChI is InChI=1S/C50H34N4/c1-3-10-33(11-4-1)49-51-24-26-53(49)47-18-8-16-41-43-29-37(20-22-39(43)31-45(41)47)35-14-7-15-36(28-35)38-21-23-40-32-46-42(44(40)30-38)17-9-19-48(46)54-27-25-52-50(54)34-12-5-2-6-13-34/h1-30H,31-32H2. The minimum absolute atomic E-state index is 0.903. The minimum atomic E-state index is 0.903. The van der Waals surface area contributed by atoms with E-state index < -0.39 is 0 Å². The molecule has 2 aromatic heterocycles. The number of hydrogen-bond acceptors (Lipinski definition) is 2. The number of nitrogens with zero attached hydrogens (tertiary/aromatic N) is 4. The van der Waals surface area contributed by atoms with Crippen LogP contribution in [0, 0.1) is 0 Å². The lowest BCUT2D eigenvalue weighted by Gasteiger charge is -2.13. The first-order valence-electron chi connectivity index (χ1n) is 18.6. The number of fused-ring (bicyclic) bond motifs is 6. The number of imidazole rings is 2. The van der Waals surface area contributed by atoms with Gasteiger partial charge in [-0.25, -0.2) is 9.97 Å². The second kappa shape index (κ2) is 12.3. The maximum atomic E-state index is 4.74. The Bertz CT molecular complexity index is 2680. The third-order valence-electron chi connectivity index (χ3n) is 11.2. The van der Waals surface area contributed by atoms with Gasteiger partial charge in [0.1, 0.15) is 11.6 Å². The number of aromatic nitrogens is 4. The van der Waals surface area contributed by atoms with Crippen LogP contribution in [0.5, 0.6) is 0 Å². The van der Waals surface area contributed by atoms with Crippen molar-refractivity contribution in [3.05, 3.63) is 205 Å². The molecule has 4 heteroatoms. The van der Waals surface area contributed by atoms with Gasteiger partial charge in [-0.2, -0.15) is 0 Å². The van der Waals surface area contributed by atoms with Gasteiger partial charge in [0.2, 0.25) is 0 Å². The van der Waals surface area contributed by atoms with E-state index in [1.165, 1.54) is 78.1 Å². The maximum Gasteiger partial charge on any atom is 0.144 e. The molecule has 4 nitrogen and oxygen atoms in total. The monoisotopic (exact) mass is 690 g/mol. The molecule has 11 rings (SSSR count). The molecule has 0 unspecified atom stereocenters. The summed E-state index contributed by atoms with van der Waals surface area (Å²) < 4.78 is 4.47. The van der Waals surface area contributed by atoms with Crippen LogP contribution < -0.4 is 0 Å². The van der Waals surface area contributed by atoms with Crippen molar-refractivity contribution in [2.45, 2.75) is 12.8 Å². The van der Waals surface area contributed by atoms with Crippen molar-refractivity contribution < 1.29 is 0 Å². The quantitative estimate of drug-likeness (QED) is 0.174. The largest absolute Gasteiger partial charge is 0.300 e. The molecule has 9 aromatic rings. The second-order valence-electron chi connectivity index (χ2n) is 14.3. The third-order valence-corrected chi connectivity index (χ3v) is 11.2. The van der Waals surface area contributed by atoms with Gasteiger partial charge >= 0.3 is 0 Å². The fraction of sp³-hybridized carbons (Fsp3) is 0.0400. The fourth-order valence-corrected chi connectivity index (χ4v) is 8.66. The summed E-state index contributed by atoms with van der Waals surface area (Å²) in [6.07, 6.45) is 9.76. The molecule has 0 saturated carbocycles. The van der Waals surface area contributed by atoms with Crippen LogP contribution >= 0.6 is 0 Å². The summed E-state index contributed by atoms with van der Waals surface area (Å²) in [5, 5.41) is 0. The first-order valence-corrected chi connectivity index (χ1v) is 18.6. The zero-order valence-electron chi connectivity index (χ0n) is 29.5.